The van der Waals surface area contributed by atoms with Crippen LogP contribution in [0.25, 0.3) is 0 Å². The third-order valence-electron chi connectivity index (χ3n) is 1.09. The van der Waals surface area contributed by atoms with Gasteiger partial charge in [0.2, 0.25) is 0 Å². The van der Waals surface area contributed by atoms with Crippen molar-refractivity contribution in [2.45, 2.75) is 6.82 Å². The summed E-state index contributed by atoms with van der Waals surface area (Å²) in [6.45, 7) is 2.10. The summed E-state index contributed by atoms with van der Waals surface area (Å²) >= 11 is 0. The van der Waals surface area contributed by atoms with Gasteiger partial charge in [-0.3, -0.25) is 4.98 Å². The minimum absolute atomic E-state index is 1.03. The molecule has 0 N–H and O–H groups in total. The first-order valence-electron chi connectivity index (χ1n) is 2.83. The number of rotatable bonds is 1. The van der Waals surface area contributed by atoms with Gasteiger partial charge in [-0.1, -0.05) is 19.0 Å². The fourth-order valence-electron chi connectivity index (χ4n) is 0.607. The van der Waals surface area contributed by atoms with Crippen LogP contribution in [0.1, 0.15) is 0 Å². The Balaban J connectivity index is 2.83. The SMILES string of the molecule is CBc1ccccn1. The summed E-state index contributed by atoms with van der Waals surface area (Å²) in [5.74, 6) is 0. The number of aromatic nitrogens is 1. The highest BCUT2D eigenvalue weighted by Gasteiger charge is 1.84. The summed E-state index contributed by atoms with van der Waals surface area (Å²) in [6.07, 6.45) is 1.82. The molecule has 1 aromatic heterocycles. The van der Waals surface area contributed by atoms with E-state index in [0.717, 1.165) is 12.9 Å². The Morgan fingerprint density at radius 1 is 1.50 bits per heavy atom. The van der Waals surface area contributed by atoms with Gasteiger partial charge in [0.05, 0.1) is 0 Å². The van der Waals surface area contributed by atoms with E-state index in [2.05, 4.69) is 11.8 Å². The fourth-order valence-corrected chi connectivity index (χ4v) is 0.607. The van der Waals surface area contributed by atoms with E-state index in [9.17, 15) is 0 Å². The second kappa shape index (κ2) is 2.50. The second-order valence-corrected chi connectivity index (χ2v) is 1.67. The zero-order chi connectivity index (χ0) is 5.82. The van der Waals surface area contributed by atoms with E-state index in [0.29, 0.717) is 0 Å². The maximum Gasteiger partial charge on any atom is 0.179 e. The third-order valence-corrected chi connectivity index (χ3v) is 1.09. The quantitative estimate of drug-likeness (QED) is 0.464. The molecule has 0 aliphatic carbocycles. The van der Waals surface area contributed by atoms with E-state index in [4.69, 9.17) is 0 Å². The minimum atomic E-state index is 1.03. The summed E-state index contributed by atoms with van der Waals surface area (Å²) in [4.78, 5) is 4.10. The molecule has 0 fully saturated rings. The van der Waals surface area contributed by atoms with Crippen LogP contribution in [0.3, 0.4) is 0 Å². The molecule has 0 unspecified atom stereocenters. The number of nitrogens with zero attached hydrogens (tertiary/aromatic N) is 1. The zero-order valence-corrected chi connectivity index (χ0v) is 4.96. The summed E-state index contributed by atoms with van der Waals surface area (Å²) < 4.78 is 0. The Kier molecular flexibility index (Phi) is 1.68. The first-order chi connectivity index (χ1) is 3.93. The van der Waals surface area contributed by atoms with Gasteiger partial charge in [-0.25, -0.2) is 0 Å². The van der Waals surface area contributed by atoms with Crippen LogP contribution in [0, 0.1) is 0 Å². The lowest BCUT2D eigenvalue weighted by Crippen LogP contribution is -2.13. The predicted octanol–water partition coefficient (Wildman–Crippen LogP) is 0.191. The molecule has 0 amide bonds. The molecule has 0 saturated carbocycles. The van der Waals surface area contributed by atoms with Gasteiger partial charge in [-0.2, -0.15) is 0 Å². The van der Waals surface area contributed by atoms with Gasteiger partial charge in [0, 0.05) is 6.20 Å². The van der Waals surface area contributed by atoms with Crippen molar-refractivity contribution in [1.29, 1.82) is 0 Å². The molecule has 8 heavy (non-hydrogen) atoms. The van der Waals surface area contributed by atoms with E-state index >= 15 is 0 Å². The van der Waals surface area contributed by atoms with Gasteiger partial charge in [0.15, 0.2) is 7.28 Å². The van der Waals surface area contributed by atoms with E-state index < -0.39 is 0 Å². The summed E-state index contributed by atoms with van der Waals surface area (Å²) in [7, 11) is 1.03. The van der Waals surface area contributed by atoms with Crippen LogP contribution in [-0.4, -0.2) is 12.3 Å². The molecule has 1 nitrogen and oxygen atoms in total. The highest BCUT2D eigenvalue weighted by molar-refractivity contribution is 6.50. The molecule has 1 heterocycles. The molecule has 0 aromatic carbocycles. The van der Waals surface area contributed by atoms with Crippen LogP contribution in [0.15, 0.2) is 24.4 Å². The van der Waals surface area contributed by atoms with Gasteiger partial charge in [0.1, 0.15) is 0 Å². The molecule has 0 atom stereocenters. The molecular formula is C6H8BN. The average Bonchev–Trinajstić information content (AvgIpc) is 1.90. The van der Waals surface area contributed by atoms with Crippen LogP contribution in [0.2, 0.25) is 6.82 Å². The lowest BCUT2D eigenvalue weighted by Gasteiger charge is -1.87. The Morgan fingerprint density at radius 2 is 2.38 bits per heavy atom. The molecule has 1 rings (SSSR count). The smallest absolute Gasteiger partial charge is 0.179 e. The van der Waals surface area contributed by atoms with Crippen molar-refractivity contribution in [2.75, 3.05) is 0 Å². The Morgan fingerprint density at radius 3 is 2.75 bits per heavy atom. The molecule has 40 valence electrons. The van der Waals surface area contributed by atoms with Gasteiger partial charge < -0.3 is 0 Å². The van der Waals surface area contributed by atoms with Gasteiger partial charge in [-0.15, -0.1) is 0 Å². The van der Waals surface area contributed by atoms with Gasteiger partial charge >= 0.3 is 0 Å². The lowest BCUT2D eigenvalue weighted by atomic mass is 9.78. The monoisotopic (exact) mass is 105 g/mol. The summed E-state index contributed by atoms with van der Waals surface area (Å²) in [5.41, 5.74) is 1.16. The van der Waals surface area contributed by atoms with Crippen molar-refractivity contribution >= 4 is 12.9 Å². The Bertz CT molecular complexity index is 150. The molecule has 1 aromatic rings. The summed E-state index contributed by atoms with van der Waals surface area (Å²) in [6, 6.07) is 5.96. The zero-order valence-electron chi connectivity index (χ0n) is 4.96. The fraction of sp³-hybridized carbons (Fsp3) is 0.167. The normalized spacial score (nSPS) is 8.62. The maximum absolute atomic E-state index is 4.10. The molecule has 0 saturated heterocycles. The van der Waals surface area contributed by atoms with Crippen LogP contribution in [-0.2, 0) is 0 Å². The largest absolute Gasteiger partial charge is 0.272 e. The molecule has 0 aliphatic rings. The van der Waals surface area contributed by atoms with Crippen LogP contribution in [0.4, 0.5) is 0 Å². The highest BCUT2D eigenvalue weighted by Crippen LogP contribution is 1.73. The number of hydrogen-bond donors (Lipinski definition) is 0. The first kappa shape index (κ1) is 5.35. The third kappa shape index (κ3) is 1.09. The molecule has 2 heteroatoms. The van der Waals surface area contributed by atoms with Crippen molar-refractivity contribution in [3.05, 3.63) is 24.4 Å². The molecular weight excluding hydrogens is 96.9 g/mol. The molecule has 0 aliphatic heterocycles. The predicted molar refractivity (Wildman–Crippen MR) is 36.9 cm³/mol. The average molecular weight is 105 g/mol. The minimum Gasteiger partial charge on any atom is -0.272 e. The molecule has 0 bridgehead atoms. The molecule has 0 spiro atoms. The van der Waals surface area contributed by atoms with Crippen molar-refractivity contribution < 1.29 is 0 Å². The van der Waals surface area contributed by atoms with E-state index in [-0.39, 0.29) is 0 Å². The lowest BCUT2D eigenvalue weighted by molar-refractivity contribution is 1.39. The molecule has 0 radical (unpaired) electrons. The standard InChI is InChI=1S/C6H8BN/c1-7-6-4-2-3-5-8-6/h2-5,7H,1H3. The first-order valence-corrected chi connectivity index (χ1v) is 2.83. The topological polar surface area (TPSA) is 12.9 Å². The van der Waals surface area contributed by atoms with Gasteiger partial charge in [0.25, 0.3) is 0 Å². The van der Waals surface area contributed by atoms with E-state index in [1.807, 2.05) is 24.4 Å². The van der Waals surface area contributed by atoms with Gasteiger partial charge in [-0.05, 0) is 11.7 Å². The van der Waals surface area contributed by atoms with Crippen molar-refractivity contribution in [1.82, 2.24) is 4.98 Å². The van der Waals surface area contributed by atoms with Crippen molar-refractivity contribution in [3.8, 4) is 0 Å². The van der Waals surface area contributed by atoms with Crippen LogP contribution < -0.4 is 5.59 Å². The van der Waals surface area contributed by atoms with Crippen molar-refractivity contribution in [2.24, 2.45) is 0 Å². The Labute approximate surface area is 50.0 Å². The van der Waals surface area contributed by atoms with E-state index in [1.54, 1.807) is 0 Å². The number of pyridine rings is 1. The maximum atomic E-state index is 4.10. The summed E-state index contributed by atoms with van der Waals surface area (Å²) in [5, 5.41) is 0. The van der Waals surface area contributed by atoms with Crippen LogP contribution in [0.5, 0.6) is 0 Å². The van der Waals surface area contributed by atoms with Crippen molar-refractivity contribution in [3.63, 3.8) is 0 Å². The second-order valence-electron chi connectivity index (χ2n) is 1.67. The van der Waals surface area contributed by atoms with E-state index in [1.165, 1.54) is 0 Å². The number of hydrogen-bond acceptors (Lipinski definition) is 1. The highest BCUT2D eigenvalue weighted by atomic mass is 14.6. The van der Waals surface area contributed by atoms with Crippen LogP contribution >= 0.6 is 0 Å². The Hall–Kier alpha value is -0.785.